The average Bonchev–Trinajstić information content (AvgIpc) is 3.37. The zero-order valence-electron chi connectivity index (χ0n) is 18.4. The van der Waals surface area contributed by atoms with E-state index in [1.807, 2.05) is 6.92 Å². The molecule has 2 heterocycles. The number of halogens is 1. The van der Waals surface area contributed by atoms with Crippen LogP contribution in [0.1, 0.15) is 24.1 Å². The summed E-state index contributed by atoms with van der Waals surface area (Å²) in [6, 6.07) is 15.6. The Balaban J connectivity index is 1.71. The highest BCUT2D eigenvalue weighted by atomic mass is 32.1. The summed E-state index contributed by atoms with van der Waals surface area (Å²) in [7, 11) is 0. The molecule has 35 heavy (non-hydrogen) atoms. The van der Waals surface area contributed by atoms with Crippen LogP contribution >= 0.6 is 11.3 Å². The Morgan fingerprint density at radius 1 is 1.11 bits per heavy atom. The Labute approximate surface area is 203 Å². The summed E-state index contributed by atoms with van der Waals surface area (Å²) in [5.74, 6) is -2.06. The summed E-state index contributed by atoms with van der Waals surface area (Å²) in [5, 5.41) is 21.2. The summed E-state index contributed by atoms with van der Waals surface area (Å²) in [5.41, 5.74) is 1.14. The molecule has 9 heteroatoms. The Kier molecular flexibility index (Phi) is 5.70. The molecule has 0 saturated carbocycles. The zero-order valence-corrected chi connectivity index (χ0v) is 19.3. The summed E-state index contributed by atoms with van der Waals surface area (Å²) in [6.07, 6.45) is 0. The second kappa shape index (κ2) is 8.84. The van der Waals surface area contributed by atoms with E-state index in [-0.39, 0.29) is 22.2 Å². The summed E-state index contributed by atoms with van der Waals surface area (Å²) >= 11 is 1.06. The number of rotatable bonds is 5. The predicted octanol–water partition coefficient (Wildman–Crippen LogP) is 5.17. The molecule has 0 radical (unpaired) electrons. The molecule has 176 valence electrons. The Morgan fingerprint density at radius 2 is 1.89 bits per heavy atom. The number of phenolic OH excluding ortho intramolecular Hbond substituents is 1. The third-order valence-electron chi connectivity index (χ3n) is 5.62. The number of ether oxygens (including phenoxy) is 1. The molecule has 1 aliphatic rings. The van der Waals surface area contributed by atoms with Crippen LogP contribution in [0.25, 0.3) is 16.0 Å². The normalized spacial score (nSPS) is 17.3. The number of anilines is 1. The van der Waals surface area contributed by atoms with Gasteiger partial charge < -0.3 is 14.9 Å². The van der Waals surface area contributed by atoms with E-state index < -0.39 is 23.5 Å². The first-order valence-electron chi connectivity index (χ1n) is 10.8. The fraction of sp³-hybridized carbons (Fsp3) is 0.115. The van der Waals surface area contributed by atoms with Crippen molar-refractivity contribution in [2.45, 2.75) is 13.0 Å². The third-order valence-corrected chi connectivity index (χ3v) is 6.63. The molecule has 5 rings (SSSR count). The van der Waals surface area contributed by atoms with Gasteiger partial charge in [-0.2, -0.15) is 0 Å². The predicted molar refractivity (Wildman–Crippen MR) is 130 cm³/mol. The number of aliphatic hydroxyl groups is 1. The molecule has 4 aromatic rings. The van der Waals surface area contributed by atoms with E-state index in [0.717, 1.165) is 11.3 Å². The number of benzene rings is 3. The smallest absolute Gasteiger partial charge is 0.301 e. The highest BCUT2D eigenvalue weighted by Gasteiger charge is 2.48. The standard InChI is InChI=1S/C26H19FN2O5S/c1-2-34-18-5-3-4-15(12-18)23(31)21-22(14-6-9-17(30)10-7-14)29(25(33)24(21)32)26-28-19-11-8-16(27)13-20(19)35-26/h3-13,22,30-31H,2H2,1H3/b23-21+. The number of carbonyl (C=O) groups excluding carboxylic acids is 2. The first-order chi connectivity index (χ1) is 16.9. The molecule has 1 fully saturated rings. The molecule has 2 N–H and O–H groups in total. The van der Waals surface area contributed by atoms with Gasteiger partial charge in [0.1, 0.15) is 23.1 Å². The van der Waals surface area contributed by atoms with Gasteiger partial charge in [0.2, 0.25) is 0 Å². The first-order valence-corrected chi connectivity index (χ1v) is 11.6. The molecular weight excluding hydrogens is 471 g/mol. The van der Waals surface area contributed by atoms with Gasteiger partial charge in [-0.3, -0.25) is 14.5 Å². The molecule has 1 atom stereocenters. The fourth-order valence-electron chi connectivity index (χ4n) is 4.05. The van der Waals surface area contributed by atoms with Crippen molar-refractivity contribution >= 4 is 44.1 Å². The lowest BCUT2D eigenvalue weighted by Crippen LogP contribution is -2.29. The number of aliphatic hydroxyl groups excluding tert-OH is 1. The van der Waals surface area contributed by atoms with Crippen LogP contribution in [0.2, 0.25) is 0 Å². The number of phenols is 1. The Morgan fingerprint density at radius 3 is 2.63 bits per heavy atom. The minimum absolute atomic E-state index is 0.00517. The Hall–Kier alpha value is -4.24. The van der Waals surface area contributed by atoms with Gasteiger partial charge in [0.05, 0.1) is 28.4 Å². The average molecular weight is 491 g/mol. The molecule has 1 aliphatic heterocycles. The lowest BCUT2D eigenvalue weighted by Gasteiger charge is -2.23. The number of hydrogen-bond acceptors (Lipinski definition) is 7. The van der Waals surface area contributed by atoms with Gasteiger partial charge in [-0.15, -0.1) is 0 Å². The van der Waals surface area contributed by atoms with Crippen LogP contribution < -0.4 is 9.64 Å². The van der Waals surface area contributed by atoms with Crippen molar-refractivity contribution < 1.29 is 28.9 Å². The van der Waals surface area contributed by atoms with Crippen LogP contribution in [0.3, 0.4) is 0 Å². The van der Waals surface area contributed by atoms with Crippen molar-refractivity contribution in [3.05, 3.63) is 89.2 Å². The molecule has 1 aromatic heterocycles. The second-order valence-electron chi connectivity index (χ2n) is 7.83. The van der Waals surface area contributed by atoms with E-state index in [1.165, 1.54) is 35.2 Å². The third kappa shape index (κ3) is 4.00. The number of thiazole rings is 1. The zero-order chi connectivity index (χ0) is 24.7. The minimum atomic E-state index is -1.02. The maximum atomic E-state index is 13.8. The summed E-state index contributed by atoms with van der Waals surface area (Å²) in [6.45, 7) is 2.24. The molecule has 1 saturated heterocycles. The molecular formula is C26H19FN2O5S. The van der Waals surface area contributed by atoms with Crippen molar-refractivity contribution in [2.24, 2.45) is 0 Å². The first kappa shape index (κ1) is 22.5. The lowest BCUT2D eigenvalue weighted by molar-refractivity contribution is -0.132. The quantitative estimate of drug-likeness (QED) is 0.228. The number of hydrogen-bond donors (Lipinski definition) is 2. The van der Waals surface area contributed by atoms with Gasteiger partial charge in [0.15, 0.2) is 5.13 Å². The van der Waals surface area contributed by atoms with Crippen molar-refractivity contribution in [2.75, 3.05) is 11.5 Å². The highest BCUT2D eigenvalue weighted by molar-refractivity contribution is 7.22. The van der Waals surface area contributed by atoms with E-state index >= 15 is 0 Å². The number of aromatic nitrogens is 1. The van der Waals surface area contributed by atoms with Gasteiger partial charge in [-0.05, 0) is 55.0 Å². The second-order valence-corrected chi connectivity index (χ2v) is 8.84. The molecule has 0 aliphatic carbocycles. The molecule has 1 unspecified atom stereocenters. The molecule has 3 aromatic carbocycles. The Bertz CT molecular complexity index is 1500. The fourth-order valence-corrected chi connectivity index (χ4v) is 5.06. The monoisotopic (exact) mass is 490 g/mol. The SMILES string of the molecule is CCOc1cccc(/C(O)=C2\C(=O)C(=O)N(c3nc4ccc(F)cc4s3)C2c2ccc(O)cc2)c1. The van der Waals surface area contributed by atoms with E-state index in [2.05, 4.69) is 4.98 Å². The molecule has 7 nitrogen and oxygen atoms in total. The minimum Gasteiger partial charge on any atom is -0.508 e. The number of amides is 1. The topological polar surface area (TPSA) is 100.0 Å². The van der Waals surface area contributed by atoms with E-state index in [0.29, 0.717) is 33.7 Å². The van der Waals surface area contributed by atoms with Gasteiger partial charge in [-0.25, -0.2) is 9.37 Å². The summed E-state index contributed by atoms with van der Waals surface area (Å²) in [4.78, 5) is 32.2. The van der Waals surface area contributed by atoms with Crippen LogP contribution in [0, 0.1) is 5.82 Å². The van der Waals surface area contributed by atoms with Gasteiger partial charge in [-0.1, -0.05) is 35.6 Å². The van der Waals surface area contributed by atoms with E-state index in [4.69, 9.17) is 4.74 Å². The largest absolute Gasteiger partial charge is 0.508 e. The van der Waals surface area contributed by atoms with Crippen LogP contribution in [0.15, 0.2) is 72.3 Å². The number of ketones is 1. The van der Waals surface area contributed by atoms with Crippen molar-refractivity contribution in [1.29, 1.82) is 0 Å². The molecule has 0 bridgehead atoms. The van der Waals surface area contributed by atoms with Gasteiger partial charge in [0, 0.05) is 5.56 Å². The maximum Gasteiger partial charge on any atom is 0.301 e. The van der Waals surface area contributed by atoms with Gasteiger partial charge >= 0.3 is 5.91 Å². The molecule has 0 spiro atoms. The molecule has 1 amide bonds. The maximum absolute atomic E-state index is 13.8. The van der Waals surface area contributed by atoms with Crippen molar-refractivity contribution in [3.63, 3.8) is 0 Å². The highest BCUT2D eigenvalue weighted by Crippen LogP contribution is 2.44. The summed E-state index contributed by atoms with van der Waals surface area (Å²) < 4.78 is 19.8. The number of carbonyl (C=O) groups is 2. The van der Waals surface area contributed by atoms with Crippen LogP contribution in [0.4, 0.5) is 9.52 Å². The number of Topliss-reactive ketones (excluding diaryl/α,β-unsaturated/α-hetero) is 1. The van der Waals surface area contributed by atoms with Crippen LogP contribution in [-0.2, 0) is 9.59 Å². The van der Waals surface area contributed by atoms with E-state index in [1.54, 1.807) is 36.4 Å². The number of nitrogens with zero attached hydrogens (tertiary/aromatic N) is 2. The van der Waals surface area contributed by atoms with Crippen LogP contribution in [-0.4, -0.2) is 33.5 Å². The lowest BCUT2D eigenvalue weighted by atomic mass is 9.95. The van der Waals surface area contributed by atoms with Crippen molar-refractivity contribution in [3.8, 4) is 11.5 Å². The number of fused-ring (bicyclic) bond motifs is 1. The van der Waals surface area contributed by atoms with Gasteiger partial charge in [0.25, 0.3) is 5.78 Å². The van der Waals surface area contributed by atoms with E-state index in [9.17, 15) is 24.2 Å². The number of aromatic hydroxyl groups is 1. The van der Waals surface area contributed by atoms with Crippen molar-refractivity contribution in [1.82, 2.24) is 4.98 Å². The van der Waals surface area contributed by atoms with Crippen LogP contribution in [0.5, 0.6) is 11.5 Å².